The van der Waals surface area contributed by atoms with Gasteiger partial charge in [0.15, 0.2) is 0 Å². The summed E-state index contributed by atoms with van der Waals surface area (Å²) in [4.78, 5) is 10.3. The molecule has 0 spiro atoms. The molecule has 0 aromatic heterocycles. The molecular weight excluding hydrogens is 269 g/mol. The lowest BCUT2D eigenvalue weighted by atomic mass is 10.1. The first-order valence-corrected chi connectivity index (χ1v) is 5.47. The fraction of sp³-hybridized carbons (Fsp3) is 0.333. The number of halogens is 2. The predicted molar refractivity (Wildman–Crippen MR) is 59.8 cm³/mol. The summed E-state index contributed by atoms with van der Waals surface area (Å²) in [5, 5.41) is 10.7. The number of hydrogen-bond donors (Lipinski definition) is 0. The van der Waals surface area contributed by atoms with Crippen LogP contribution in [0.1, 0.15) is 12.0 Å². The summed E-state index contributed by atoms with van der Waals surface area (Å²) in [5.74, 6) is 0.512. The fourth-order valence-corrected chi connectivity index (χ4v) is 1.90. The van der Waals surface area contributed by atoms with E-state index in [4.69, 9.17) is 11.6 Å². The lowest BCUT2D eigenvalue weighted by molar-refractivity contribution is -0.385. The van der Waals surface area contributed by atoms with Crippen LogP contribution in [0.25, 0.3) is 0 Å². The quantitative estimate of drug-likeness (QED) is 0.480. The monoisotopic (exact) mass is 277 g/mol. The van der Waals surface area contributed by atoms with Gasteiger partial charge in [0, 0.05) is 22.0 Å². The molecule has 0 atom stereocenters. The van der Waals surface area contributed by atoms with Gasteiger partial charge in [-0.15, -0.1) is 11.6 Å². The summed E-state index contributed by atoms with van der Waals surface area (Å²) in [6, 6.07) is 4.97. The average Bonchev–Trinajstić information content (AvgIpc) is 2.15. The normalized spacial score (nSPS) is 10.1. The van der Waals surface area contributed by atoms with Crippen molar-refractivity contribution in [3.05, 3.63) is 38.3 Å². The van der Waals surface area contributed by atoms with Gasteiger partial charge in [-0.1, -0.05) is 22.0 Å². The second-order valence-electron chi connectivity index (χ2n) is 2.79. The molecule has 14 heavy (non-hydrogen) atoms. The van der Waals surface area contributed by atoms with Gasteiger partial charge in [0.1, 0.15) is 0 Å². The van der Waals surface area contributed by atoms with Gasteiger partial charge in [-0.05, 0) is 18.9 Å². The van der Waals surface area contributed by atoms with Crippen LogP contribution in [0.4, 0.5) is 5.69 Å². The fourth-order valence-electron chi connectivity index (χ4n) is 1.21. The van der Waals surface area contributed by atoms with Crippen molar-refractivity contribution in [1.82, 2.24) is 0 Å². The van der Waals surface area contributed by atoms with Crippen LogP contribution < -0.4 is 0 Å². The first-order valence-electron chi connectivity index (χ1n) is 4.14. The summed E-state index contributed by atoms with van der Waals surface area (Å²) < 4.78 is 0.775. The second-order valence-corrected chi connectivity index (χ2v) is 4.02. The predicted octanol–water partition coefficient (Wildman–Crippen LogP) is 3.53. The largest absolute Gasteiger partial charge is 0.273 e. The molecule has 0 N–H and O–H groups in total. The third-order valence-electron chi connectivity index (χ3n) is 1.85. The van der Waals surface area contributed by atoms with E-state index in [0.717, 1.165) is 16.5 Å². The van der Waals surface area contributed by atoms with Crippen molar-refractivity contribution < 1.29 is 4.92 Å². The van der Waals surface area contributed by atoms with E-state index < -0.39 is 0 Å². The topological polar surface area (TPSA) is 43.1 Å². The van der Waals surface area contributed by atoms with Gasteiger partial charge in [-0.3, -0.25) is 10.1 Å². The van der Waals surface area contributed by atoms with Gasteiger partial charge >= 0.3 is 0 Å². The van der Waals surface area contributed by atoms with Crippen LogP contribution in [-0.4, -0.2) is 10.8 Å². The molecule has 0 radical (unpaired) electrons. The third kappa shape index (κ3) is 2.69. The van der Waals surface area contributed by atoms with E-state index in [1.807, 2.05) is 0 Å². The summed E-state index contributed by atoms with van der Waals surface area (Å²) in [6.45, 7) is 0. The Labute approximate surface area is 95.4 Å². The summed E-state index contributed by atoms with van der Waals surface area (Å²) in [6.07, 6.45) is 1.37. The minimum absolute atomic E-state index is 0.157. The highest BCUT2D eigenvalue weighted by Gasteiger charge is 2.15. The minimum Gasteiger partial charge on any atom is -0.258 e. The van der Waals surface area contributed by atoms with Crippen LogP contribution in [-0.2, 0) is 6.42 Å². The number of nitro groups is 1. The second kappa shape index (κ2) is 5.32. The van der Waals surface area contributed by atoms with Crippen molar-refractivity contribution >= 4 is 33.2 Å². The van der Waals surface area contributed by atoms with Gasteiger partial charge in [-0.25, -0.2) is 0 Å². The standard InChI is InChI=1S/C9H9BrClNO2/c10-8-4-1-5-9(12(13)14)7(8)3-2-6-11/h1,4-5H,2-3,6H2. The Morgan fingerprint density at radius 1 is 1.50 bits per heavy atom. The Balaban J connectivity index is 3.02. The Morgan fingerprint density at radius 2 is 2.21 bits per heavy atom. The molecule has 0 aliphatic carbocycles. The van der Waals surface area contributed by atoms with Crippen LogP contribution in [0, 0.1) is 10.1 Å². The molecule has 0 amide bonds. The van der Waals surface area contributed by atoms with Gasteiger partial charge < -0.3 is 0 Å². The van der Waals surface area contributed by atoms with E-state index in [9.17, 15) is 10.1 Å². The Bertz CT molecular complexity index is 344. The first-order chi connectivity index (χ1) is 6.66. The van der Waals surface area contributed by atoms with Crippen LogP contribution in [0.5, 0.6) is 0 Å². The highest BCUT2D eigenvalue weighted by Crippen LogP contribution is 2.27. The molecular formula is C9H9BrClNO2. The first kappa shape index (κ1) is 11.5. The number of hydrogen-bond acceptors (Lipinski definition) is 2. The van der Waals surface area contributed by atoms with Crippen LogP contribution in [0.3, 0.4) is 0 Å². The van der Waals surface area contributed by atoms with Gasteiger partial charge in [-0.2, -0.15) is 0 Å². The number of benzene rings is 1. The molecule has 1 aromatic rings. The lowest BCUT2D eigenvalue weighted by Crippen LogP contribution is -1.97. The van der Waals surface area contributed by atoms with E-state index in [2.05, 4.69) is 15.9 Å². The number of rotatable bonds is 4. The molecule has 0 fully saturated rings. The highest BCUT2D eigenvalue weighted by molar-refractivity contribution is 9.10. The molecule has 0 aliphatic heterocycles. The Morgan fingerprint density at radius 3 is 2.79 bits per heavy atom. The van der Waals surface area contributed by atoms with Crippen LogP contribution in [0.2, 0.25) is 0 Å². The van der Waals surface area contributed by atoms with Gasteiger partial charge in [0.2, 0.25) is 0 Å². The maximum absolute atomic E-state index is 10.7. The summed E-state index contributed by atoms with van der Waals surface area (Å²) >= 11 is 8.85. The van der Waals surface area contributed by atoms with E-state index >= 15 is 0 Å². The van der Waals surface area contributed by atoms with Gasteiger partial charge in [0.05, 0.1) is 4.92 Å². The smallest absolute Gasteiger partial charge is 0.258 e. The lowest BCUT2D eigenvalue weighted by Gasteiger charge is -2.03. The Hall–Kier alpha value is -0.610. The van der Waals surface area contributed by atoms with E-state index in [0.29, 0.717) is 12.3 Å². The van der Waals surface area contributed by atoms with Crippen molar-refractivity contribution in [3.8, 4) is 0 Å². The molecule has 5 heteroatoms. The van der Waals surface area contributed by atoms with E-state index in [1.54, 1.807) is 12.1 Å². The molecule has 0 bridgehead atoms. The zero-order valence-electron chi connectivity index (χ0n) is 7.37. The SMILES string of the molecule is O=[N+]([O-])c1cccc(Br)c1CCCCl. The zero-order chi connectivity index (χ0) is 10.6. The van der Waals surface area contributed by atoms with Crippen molar-refractivity contribution in [1.29, 1.82) is 0 Å². The third-order valence-corrected chi connectivity index (χ3v) is 2.86. The molecule has 1 rings (SSSR count). The highest BCUT2D eigenvalue weighted by atomic mass is 79.9. The van der Waals surface area contributed by atoms with Crippen molar-refractivity contribution in [2.75, 3.05) is 5.88 Å². The molecule has 1 aromatic carbocycles. The van der Waals surface area contributed by atoms with Gasteiger partial charge in [0.25, 0.3) is 5.69 Å². The number of nitrogens with zero attached hydrogens (tertiary/aromatic N) is 1. The summed E-state index contributed by atoms with van der Waals surface area (Å²) in [7, 11) is 0. The molecule has 0 saturated heterocycles. The number of nitro benzene ring substituents is 1. The van der Waals surface area contributed by atoms with Crippen molar-refractivity contribution in [3.63, 3.8) is 0 Å². The minimum atomic E-state index is -0.367. The van der Waals surface area contributed by atoms with E-state index in [-0.39, 0.29) is 10.6 Å². The zero-order valence-corrected chi connectivity index (χ0v) is 9.71. The number of alkyl halides is 1. The maximum atomic E-state index is 10.7. The van der Waals surface area contributed by atoms with E-state index in [1.165, 1.54) is 6.07 Å². The van der Waals surface area contributed by atoms with Crippen LogP contribution in [0.15, 0.2) is 22.7 Å². The average molecular weight is 279 g/mol. The molecule has 0 unspecified atom stereocenters. The maximum Gasteiger partial charge on any atom is 0.273 e. The van der Waals surface area contributed by atoms with Crippen molar-refractivity contribution in [2.24, 2.45) is 0 Å². The molecule has 3 nitrogen and oxygen atoms in total. The Kier molecular flexibility index (Phi) is 4.35. The van der Waals surface area contributed by atoms with Crippen LogP contribution >= 0.6 is 27.5 Å². The summed E-state index contributed by atoms with van der Waals surface area (Å²) in [5.41, 5.74) is 0.877. The van der Waals surface area contributed by atoms with Crippen molar-refractivity contribution in [2.45, 2.75) is 12.8 Å². The molecule has 0 aliphatic rings. The molecule has 0 saturated carbocycles. The molecule has 76 valence electrons. The molecule has 0 heterocycles.